The van der Waals surface area contributed by atoms with E-state index in [9.17, 15) is 9.90 Å². The van der Waals surface area contributed by atoms with E-state index in [0.717, 1.165) is 50.5 Å². The van der Waals surface area contributed by atoms with Crippen molar-refractivity contribution >= 4 is 5.91 Å². The maximum atomic E-state index is 13.6. The topological polar surface area (TPSA) is 49.3 Å². The van der Waals surface area contributed by atoms with Crippen molar-refractivity contribution in [2.75, 3.05) is 0 Å². The first-order chi connectivity index (χ1) is 18.2. The van der Waals surface area contributed by atoms with Gasteiger partial charge in [-0.3, -0.25) is 4.79 Å². The van der Waals surface area contributed by atoms with Gasteiger partial charge in [-0.2, -0.15) is 0 Å². The summed E-state index contributed by atoms with van der Waals surface area (Å²) in [7, 11) is 0. The van der Waals surface area contributed by atoms with Crippen LogP contribution in [0, 0.1) is 44.8 Å². The molecule has 6 rings (SSSR count). The second kappa shape index (κ2) is 8.70. The molecule has 2 N–H and O–H groups in total. The maximum absolute atomic E-state index is 13.6. The Hall–Kier alpha value is -1.61. The van der Waals surface area contributed by atoms with E-state index in [1.54, 1.807) is 5.57 Å². The highest BCUT2D eigenvalue weighted by Crippen LogP contribution is 2.74. The maximum Gasteiger partial charge on any atom is 0.251 e. The van der Waals surface area contributed by atoms with Gasteiger partial charge in [0.1, 0.15) is 0 Å². The molecule has 0 aromatic heterocycles. The number of nitrogens with one attached hydrogen (secondary N) is 1. The van der Waals surface area contributed by atoms with Gasteiger partial charge in [-0.15, -0.1) is 0 Å². The van der Waals surface area contributed by atoms with E-state index in [1.165, 1.54) is 19.3 Å². The van der Waals surface area contributed by atoms with E-state index < -0.39 is 0 Å². The quantitative estimate of drug-likeness (QED) is 0.377. The lowest BCUT2D eigenvalue weighted by Gasteiger charge is -2.71. The van der Waals surface area contributed by atoms with Gasteiger partial charge in [0.05, 0.1) is 6.10 Å². The molecule has 1 amide bonds. The molecule has 0 spiro atoms. The zero-order chi connectivity index (χ0) is 28.1. The van der Waals surface area contributed by atoms with Crippen LogP contribution in [0.5, 0.6) is 0 Å². The highest BCUT2D eigenvalue weighted by molar-refractivity contribution is 5.94. The normalized spacial score (nSPS) is 46.0. The lowest BCUT2D eigenvalue weighted by molar-refractivity contribution is -0.201. The van der Waals surface area contributed by atoms with E-state index in [4.69, 9.17) is 0 Å². The monoisotopic (exact) mass is 531 g/mol. The number of amides is 1. The van der Waals surface area contributed by atoms with Crippen LogP contribution in [-0.4, -0.2) is 22.7 Å². The third-order valence-corrected chi connectivity index (χ3v) is 14.0. The van der Waals surface area contributed by atoms with Gasteiger partial charge in [-0.1, -0.05) is 78.3 Å². The predicted octanol–water partition coefficient (Wildman–Crippen LogP) is 8.33. The zero-order valence-corrected chi connectivity index (χ0v) is 25.7. The predicted molar refractivity (Wildman–Crippen MR) is 159 cm³/mol. The summed E-state index contributed by atoms with van der Waals surface area (Å²) in [4.78, 5) is 13.6. The number of allylic oxidation sites excluding steroid dienone is 1. The third kappa shape index (κ3) is 3.80. The largest absolute Gasteiger partial charge is 0.393 e. The average molecular weight is 532 g/mol. The number of carbonyl (C=O) groups excluding carboxylic acids is 1. The Labute approximate surface area is 237 Å². The fraction of sp³-hybridized carbons (Fsp3) is 0.750. The van der Waals surface area contributed by atoms with Crippen molar-refractivity contribution < 1.29 is 9.90 Å². The average Bonchev–Trinajstić information content (AvgIpc) is 2.88. The van der Waals surface area contributed by atoms with E-state index in [2.05, 4.69) is 59.9 Å². The van der Waals surface area contributed by atoms with Crippen LogP contribution < -0.4 is 5.32 Å². The van der Waals surface area contributed by atoms with Crippen LogP contribution in [0.15, 0.2) is 42.0 Å². The number of benzene rings is 1. The Morgan fingerprint density at radius 2 is 1.54 bits per heavy atom. The molecule has 3 heteroatoms. The van der Waals surface area contributed by atoms with Crippen molar-refractivity contribution in [2.24, 2.45) is 44.8 Å². The molecule has 5 aliphatic rings. The van der Waals surface area contributed by atoms with E-state index in [0.29, 0.717) is 17.8 Å². The van der Waals surface area contributed by atoms with E-state index in [-0.39, 0.29) is 44.6 Å². The van der Waals surface area contributed by atoms with Crippen molar-refractivity contribution in [1.82, 2.24) is 5.32 Å². The van der Waals surface area contributed by atoms with Crippen molar-refractivity contribution in [3.05, 3.63) is 47.5 Å². The summed E-state index contributed by atoms with van der Waals surface area (Å²) in [6.07, 6.45) is 13.8. The number of aliphatic hydroxyl groups is 1. The summed E-state index contributed by atoms with van der Waals surface area (Å²) in [5.74, 6) is 1.72. The lowest BCUT2D eigenvalue weighted by Crippen LogP contribution is -2.67. The van der Waals surface area contributed by atoms with Crippen LogP contribution in [0.3, 0.4) is 0 Å². The van der Waals surface area contributed by atoms with Gasteiger partial charge in [0.15, 0.2) is 0 Å². The third-order valence-electron chi connectivity index (χ3n) is 14.0. The standard InChI is InChI=1S/C36H53NO2/c1-31(2)19-21-36(37-30(39)24-11-9-8-10-12-24)22-20-34(6)25(26(36)23-31)13-14-28-33(5)17-16-29(38)32(3,4)27(33)15-18-35(28,34)7/h8-13,26-29,38H,14-23H2,1-7H3,(H,37,39). The van der Waals surface area contributed by atoms with E-state index in [1.807, 2.05) is 30.3 Å². The fourth-order valence-corrected chi connectivity index (χ4v) is 11.4. The van der Waals surface area contributed by atoms with Crippen LogP contribution in [0.2, 0.25) is 0 Å². The second-order valence-corrected chi connectivity index (χ2v) is 16.6. The molecule has 5 aliphatic carbocycles. The van der Waals surface area contributed by atoms with Gasteiger partial charge >= 0.3 is 0 Å². The number of carbonyl (C=O) groups is 1. The summed E-state index contributed by atoms with van der Waals surface area (Å²) in [6.45, 7) is 17.4. The lowest BCUT2D eigenvalue weighted by atomic mass is 9.34. The highest BCUT2D eigenvalue weighted by atomic mass is 16.3. The Morgan fingerprint density at radius 3 is 2.26 bits per heavy atom. The smallest absolute Gasteiger partial charge is 0.251 e. The minimum Gasteiger partial charge on any atom is -0.393 e. The molecule has 4 fully saturated rings. The van der Waals surface area contributed by atoms with Crippen molar-refractivity contribution in [3.8, 4) is 0 Å². The zero-order valence-electron chi connectivity index (χ0n) is 25.7. The molecule has 1 aromatic carbocycles. The van der Waals surface area contributed by atoms with Crippen LogP contribution in [-0.2, 0) is 0 Å². The number of fused-ring (bicyclic) bond motifs is 7. The first kappa shape index (κ1) is 27.6. The Bertz CT molecular complexity index is 1170. The molecule has 0 radical (unpaired) electrons. The first-order valence-corrected chi connectivity index (χ1v) is 15.9. The SMILES string of the molecule is CC1(C)CCC2(NC(=O)c3ccccc3)CCC3(C)C(=CCC4C5(C)CCC(O)C(C)(C)C5CCC43C)C2C1. The molecule has 39 heavy (non-hydrogen) atoms. The molecule has 8 unspecified atom stereocenters. The fourth-order valence-electron chi connectivity index (χ4n) is 11.4. The molecule has 4 saturated carbocycles. The van der Waals surface area contributed by atoms with Gasteiger partial charge in [0.25, 0.3) is 5.91 Å². The van der Waals surface area contributed by atoms with Crippen LogP contribution in [0.1, 0.15) is 123 Å². The number of hydrogen-bond acceptors (Lipinski definition) is 2. The molecule has 0 heterocycles. The molecule has 1 aromatic rings. The second-order valence-electron chi connectivity index (χ2n) is 16.6. The first-order valence-electron chi connectivity index (χ1n) is 15.9. The van der Waals surface area contributed by atoms with Crippen molar-refractivity contribution in [3.63, 3.8) is 0 Å². The minimum absolute atomic E-state index is 0.0178. The number of aliphatic hydroxyl groups excluding tert-OH is 1. The van der Waals surface area contributed by atoms with E-state index >= 15 is 0 Å². The molecular weight excluding hydrogens is 478 g/mol. The van der Waals surface area contributed by atoms with Gasteiger partial charge in [-0.05, 0) is 115 Å². The Balaban J connectivity index is 1.39. The highest BCUT2D eigenvalue weighted by Gasteiger charge is 2.68. The Kier molecular flexibility index (Phi) is 6.14. The summed E-state index contributed by atoms with van der Waals surface area (Å²) in [6, 6.07) is 9.83. The minimum atomic E-state index is -0.182. The van der Waals surface area contributed by atoms with Crippen molar-refractivity contribution in [1.29, 1.82) is 0 Å². The van der Waals surface area contributed by atoms with Crippen LogP contribution >= 0.6 is 0 Å². The summed E-state index contributed by atoms with van der Waals surface area (Å²) in [5.41, 5.74) is 3.25. The summed E-state index contributed by atoms with van der Waals surface area (Å²) in [5, 5.41) is 14.7. The summed E-state index contributed by atoms with van der Waals surface area (Å²) < 4.78 is 0. The van der Waals surface area contributed by atoms with Gasteiger partial charge in [0.2, 0.25) is 0 Å². The molecule has 214 valence electrons. The molecule has 3 nitrogen and oxygen atoms in total. The van der Waals surface area contributed by atoms with Gasteiger partial charge in [0, 0.05) is 17.0 Å². The van der Waals surface area contributed by atoms with Crippen molar-refractivity contribution in [2.45, 2.75) is 124 Å². The van der Waals surface area contributed by atoms with Gasteiger partial charge < -0.3 is 10.4 Å². The molecule has 0 saturated heterocycles. The summed E-state index contributed by atoms with van der Waals surface area (Å²) >= 11 is 0. The van der Waals surface area contributed by atoms with Gasteiger partial charge in [-0.25, -0.2) is 0 Å². The van der Waals surface area contributed by atoms with Crippen LogP contribution in [0.4, 0.5) is 0 Å². The molecular formula is C36H53NO2. The number of rotatable bonds is 2. The molecule has 8 atom stereocenters. The van der Waals surface area contributed by atoms with Crippen LogP contribution in [0.25, 0.3) is 0 Å². The molecule has 0 aliphatic heterocycles. The Morgan fingerprint density at radius 1 is 0.846 bits per heavy atom. The molecule has 0 bridgehead atoms. The number of hydrogen-bond donors (Lipinski definition) is 2.